The van der Waals surface area contributed by atoms with Gasteiger partial charge in [-0.1, -0.05) is 31.2 Å². The third kappa shape index (κ3) is 3.35. The first kappa shape index (κ1) is 15.4. The summed E-state index contributed by atoms with van der Waals surface area (Å²) < 4.78 is 0. The molecule has 2 rings (SSSR count). The molecule has 0 radical (unpaired) electrons. The molecule has 0 saturated carbocycles. The maximum absolute atomic E-state index is 12.3. The summed E-state index contributed by atoms with van der Waals surface area (Å²) in [7, 11) is 1.53. The fourth-order valence-electron chi connectivity index (χ4n) is 2.91. The summed E-state index contributed by atoms with van der Waals surface area (Å²) in [6.07, 6.45) is 3.34. The van der Waals surface area contributed by atoms with Crippen molar-refractivity contribution in [2.24, 2.45) is 0 Å². The summed E-state index contributed by atoms with van der Waals surface area (Å²) in [6, 6.07) is 6.95. The number of amides is 2. The smallest absolute Gasteiger partial charge is 0.326 e. The van der Waals surface area contributed by atoms with Gasteiger partial charge < -0.3 is 15.3 Å². The van der Waals surface area contributed by atoms with Crippen LogP contribution in [0.5, 0.6) is 0 Å². The van der Waals surface area contributed by atoms with Crippen LogP contribution in [0.4, 0.5) is 4.79 Å². The van der Waals surface area contributed by atoms with Crippen LogP contribution in [0.3, 0.4) is 0 Å². The molecule has 0 fully saturated rings. The third-order valence-corrected chi connectivity index (χ3v) is 4.13. The molecule has 0 aliphatic heterocycles. The molecular formula is C16H22N2O3. The Morgan fingerprint density at radius 1 is 1.43 bits per heavy atom. The number of carbonyl (C=O) groups is 2. The van der Waals surface area contributed by atoms with Crippen molar-refractivity contribution in [3.8, 4) is 0 Å². The Kier molecular flexibility index (Phi) is 4.83. The predicted octanol–water partition coefficient (Wildman–Crippen LogP) is 2.57. The van der Waals surface area contributed by atoms with E-state index in [9.17, 15) is 9.59 Å². The maximum Gasteiger partial charge on any atom is 0.326 e. The van der Waals surface area contributed by atoms with Gasteiger partial charge in [-0.15, -0.1) is 0 Å². The number of fused-ring (bicyclic) bond motifs is 1. The minimum atomic E-state index is -0.973. The van der Waals surface area contributed by atoms with Gasteiger partial charge in [0.2, 0.25) is 0 Å². The van der Waals surface area contributed by atoms with E-state index in [0.29, 0.717) is 6.42 Å². The number of likely N-dealkylation sites (N-methyl/N-ethyl adjacent to an activating group) is 1. The first-order valence-electron chi connectivity index (χ1n) is 7.38. The standard InChI is InChI=1S/C16H22N2O3/c1-3-14(15(19)20)18(2)16(21)17-13-10-6-8-11-7-4-5-9-12(11)13/h4-5,7,9,13-14H,3,6,8,10H2,1-2H3,(H,17,21)(H,19,20). The van der Waals surface area contributed by atoms with Gasteiger partial charge in [0.1, 0.15) is 6.04 Å². The van der Waals surface area contributed by atoms with Crippen molar-refractivity contribution in [3.05, 3.63) is 35.4 Å². The lowest BCUT2D eigenvalue weighted by Gasteiger charge is -2.30. The molecule has 0 aromatic heterocycles. The van der Waals surface area contributed by atoms with E-state index in [1.807, 2.05) is 18.2 Å². The van der Waals surface area contributed by atoms with Crippen molar-refractivity contribution in [3.63, 3.8) is 0 Å². The summed E-state index contributed by atoms with van der Waals surface area (Å²) in [5, 5.41) is 12.1. The lowest BCUT2D eigenvalue weighted by molar-refractivity contribution is -0.141. The fraction of sp³-hybridized carbons (Fsp3) is 0.500. The fourth-order valence-corrected chi connectivity index (χ4v) is 2.91. The van der Waals surface area contributed by atoms with Crippen LogP contribution in [-0.2, 0) is 11.2 Å². The Morgan fingerprint density at radius 2 is 2.14 bits per heavy atom. The molecule has 1 aromatic rings. The van der Waals surface area contributed by atoms with Gasteiger partial charge in [-0.25, -0.2) is 9.59 Å². The summed E-state index contributed by atoms with van der Waals surface area (Å²) in [5.74, 6) is -0.973. The van der Waals surface area contributed by atoms with Crippen LogP contribution < -0.4 is 5.32 Å². The first-order chi connectivity index (χ1) is 10.0. The van der Waals surface area contributed by atoms with Crippen molar-refractivity contribution in [2.75, 3.05) is 7.05 Å². The van der Waals surface area contributed by atoms with Gasteiger partial charge in [0, 0.05) is 7.05 Å². The van der Waals surface area contributed by atoms with Gasteiger partial charge in [0.15, 0.2) is 0 Å². The lowest BCUT2D eigenvalue weighted by atomic mass is 9.88. The van der Waals surface area contributed by atoms with E-state index in [2.05, 4.69) is 11.4 Å². The molecule has 1 aliphatic rings. The van der Waals surface area contributed by atoms with Crippen molar-refractivity contribution < 1.29 is 14.7 Å². The highest BCUT2D eigenvalue weighted by Gasteiger charge is 2.28. The summed E-state index contributed by atoms with van der Waals surface area (Å²) >= 11 is 0. The SMILES string of the molecule is CCC(C(=O)O)N(C)C(=O)NC1CCCc2ccccc21. The number of hydrogen-bond donors (Lipinski definition) is 2. The highest BCUT2D eigenvalue weighted by molar-refractivity contribution is 5.82. The topological polar surface area (TPSA) is 69.6 Å². The molecule has 2 unspecified atom stereocenters. The number of rotatable bonds is 4. The van der Waals surface area contributed by atoms with E-state index in [1.165, 1.54) is 17.5 Å². The molecule has 114 valence electrons. The summed E-state index contributed by atoms with van der Waals surface area (Å²) in [6.45, 7) is 1.76. The van der Waals surface area contributed by atoms with E-state index in [-0.39, 0.29) is 12.1 Å². The number of nitrogens with zero attached hydrogens (tertiary/aromatic N) is 1. The molecule has 0 bridgehead atoms. The largest absolute Gasteiger partial charge is 0.480 e. The van der Waals surface area contributed by atoms with E-state index in [0.717, 1.165) is 24.8 Å². The molecule has 0 heterocycles. The predicted molar refractivity (Wildman–Crippen MR) is 80.1 cm³/mol. The molecule has 5 nitrogen and oxygen atoms in total. The van der Waals surface area contributed by atoms with Gasteiger partial charge in [0.05, 0.1) is 6.04 Å². The quantitative estimate of drug-likeness (QED) is 0.895. The van der Waals surface area contributed by atoms with Gasteiger partial charge in [-0.05, 0) is 36.8 Å². The Bertz CT molecular complexity index is 530. The minimum absolute atomic E-state index is 0.0313. The Labute approximate surface area is 125 Å². The van der Waals surface area contributed by atoms with Crippen LogP contribution in [0, 0.1) is 0 Å². The van der Waals surface area contributed by atoms with Crippen LogP contribution in [0.15, 0.2) is 24.3 Å². The van der Waals surface area contributed by atoms with Crippen molar-refractivity contribution >= 4 is 12.0 Å². The van der Waals surface area contributed by atoms with Crippen LogP contribution in [0.25, 0.3) is 0 Å². The van der Waals surface area contributed by atoms with Crippen LogP contribution in [0.1, 0.15) is 43.4 Å². The second-order valence-electron chi connectivity index (χ2n) is 5.47. The highest BCUT2D eigenvalue weighted by atomic mass is 16.4. The van der Waals surface area contributed by atoms with Gasteiger partial charge in [0.25, 0.3) is 0 Å². The number of aryl methyl sites for hydroxylation is 1. The number of aliphatic carboxylic acids is 1. The average Bonchev–Trinajstić information content (AvgIpc) is 2.47. The molecule has 1 aliphatic carbocycles. The van der Waals surface area contributed by atoms with Gasteiger partial charge in [-0.3, -0.25) is 0 Å². The third-order valence-electron chi connectivity index (χ3n) is 4.13. The number of benzene rings is 1. The molecule has 2 amide bonds. The second kappa shape index (κ2) is 6.61. The summed E-state index contributed by atoms with van der Waals surface area (Å²) in [5.41, 5.74) is 2.41. The van der Waals surface area contributed by atoms with Crippen LogP contribution in [0.2, 0.25) is 0 Å². The van der Waals surface area contributed by atoms with Gasteiger partial charge in [-0.2, -0.15) is 0 Å². The average molecular weight is 290 g/mol. The monoisotopic (exact) mass is 290 g/mol. The minimum Gasteiger partial charge on any atom is -0.480 e. The molecule has 0 saturated heterocycles. The Hall–Kier alpha value is -2.04. The first-order valence-corrected chi connectivity index (χ1v) is 7.38. The number of carboxylic acid groups (broad SMARTS) is 1. The molecule has 5 heteroatoms. The molecule has 2 N–H and O–H groups in total. The number of carbonyl (C=O) groups excluding carboxylic acids is 1. The number of hydrogen-bond acceptors (Lipinski definition) is 2. The van der Waals surface area contributed by atoms with E-state index >= 15 is 0 Å². The normalized spacial score (nSPS) is 18.5. The Morgan fingerprint density at radius 3 is 2.81 bits per heavy atom. The van der Waals surface area contributed by atoms with E-state index < -0.39 is 12.0 Å². The molecule has 0 spiro atoms. The number of urea groups is 1. The van der Waals surface area contributed by atoms with Crippen LogP contribution >= 0.6 is 0 Å². The summed E-state index contributed by atoms with van der Waals surface area (Å²) in [4.78, 5) is 24.7. The Balaban J connectivity index is 2.08. The van der Waals surface area contributed by atoms with Gasteiger partial charge >= 0.3 is 12.0 Å². The number of nitrogens with one attached hydrogen (secondary N) is 1. The zero-order valence-electron chi connectivity index (χ0n) is 12.5. The maximum atomic E-state index is 12.3. The zero-order valence-corrected chi connectivity index (χ0v) is 12.5. The van der Waals surface area contributed by atoms with Crippen molar-refractivity contribution in [2.45, 2.75) is 44.7 Å². The zero-order chi connectivity index (χ0) is 15.4. The van der Waals surface area contributed by atoms with E-state index in [4.69, 9.17) is 5.11 Å². The molecule has 1 aromatic carbocycles. The molecule has 21 heavy (non-hydrogen) atoms. The lowest BCUT2D eigenvalue weighted by Crippen LogP contribution is -2.48. The number of carboxylic acids is 1. The second-order valence-corrected chi connectivity index (χ2v) is 5.47. The van der Waals surface area contributed by atoms with E-state index in [1.54, 1.807) is 6.92 Å². The highest BCUT2D eigenvalue weighted by Crippen LogP contribution is 2.29. The molecule has 2 atom stereocenters. The van der Waals surface area contributed by atoms with Crippen LogP contribution in [-0.4, -0.2) is 35.1 Å². The van der Waals surface area contributed by atoms with Crippen molar-refractivity contribution in [1.82, 2.24) is 10.2 Å². The van der Waals surface area contributed by atoms with Crippen molar-refractivity contribution in [1.29, 1.82) is 0 Å². The molecular weight excluding hydrogens is 268 g/mol.